The van der Waals surface area contributed by atoms with Crippen LogP contribution in [-0.4, -0.2) is 30.4 Å². The number of rotatable bonds is 6. The summed E-state index contributed by atoms with van der Waals surface area (Å²) in [5, 5.41) is 3.04. The van der Waals surface area contributed by atoms with Crippen molar-refractivity contribution in [2.24, 2.45) is 0 Å². The van der Waals surface area contributed by atoms with Gasteiger partial charge in [0.2, 0.25) is 5.91 Å². The first-order valence-electron chi connectivity index (χ1n) is 7.68. The third-order valence-electron chi connectivity index (χ3n) is 3.80. The summed E-state index contributed by atoms with van der Waals surface area (Å²) in [6, 6.07) is 18.6. The maximum atomic E-state index is 12.2. The summed E-state index contributed by atoms with van der Waals surface area (Å²) in [6.45, 7) is 4.56. The second kappa shape index (κ2) is 7.76. The van der Waals surface area contributed by atoms with Gasteiger partial charge in [0.15, 0.2) is 0 Å². The molecule has 0 atom stereocenters. The van der Waals surface area contributed by atoms with E-state index in [2.05, 4.69) is 37.4 Å². The largest absolute Gasteiger partial charge is 0.325 e. The van der Waals surface area contributed by atoms with Crippen molar-refractivity contribution < 1.29 is 4.79 Å². The SMILES string of the molecule is CC(C)N(C)CC(=O)Nc1ccccc1Cc1ccccc1. The highest BCUT2D eigenvalue weighted by atomic mass is 16.2. The molecule has 1 amide bonds. The van der Waals surface area contributed by atoms with Gasteiger partial charge in [-0.2, -0.15) is 0 Å². The summed E-state index contributed by atoms with van der Waals surface area (Å²) in [6.07, 6.45) is 0.817. The number of hydrogen-bond acceptors (Lipinski definition) is 2. The highest BCUT2D eigenvalue weighted by Crippen LogP contribution is 2.19. The average Bonchev–Trinajstić information content (AvgIpc) is 2.50. The van der Waals surface area contributed by atoms with Crippen LogP contribution in [0, 0.1) is 0 Å². The summed E-state index contributed by atoms with van der Waals surface area (Å²) in [5.74, 6) is 0.0247. The van der Waals surface area contributed by atoms with Crippen molar-refractivity contribution in [2.75, 3.05) is 18.9 Å². The minimum absolute atomic E-state index is 0.0247. The summed E-state index contributed by atoms with van der Waals surface area (Å²) in [5.41, 5.74) is 3.27. The smallest absolute Gasteiger partial charge is 0.238 e. The van der Waals surface area contributed by atoms with Crippen molar-refractivity contribution in [3.63, 3.8) is 0 Å². The number of nitrogens with one attached hydrogen (secondary N) is 1. The highest BCUT2D eigenvalue weighted by molar-refractivity contribution is 5.93. The normalized spacial score (nSPS) is 11.0. The molecule has 0 unspecified atom stereocenters. The molecule has 0 aromatic heterocycles. The van der Waals surface area contributed by atoms with Crippen LogP contribution < -0.4 is 5.32 Å². The Morgan fingerprint density at radius 2 is 1.68 bits per heavy atom. The lowest BCUT2D eigenvalue weighted by molar-refractivity contribution is -0.117. The van der Waals surface area contributed by atoms with Crippen molar-refractivity contribution in [2.45, 2.75) is 26.3 Å². The van der Waals surface area contributed by atoms with E-state index in [1.807, 2.05) is 48.3 Å². The molecule has 3 heteroatoms. The minimum atomic E-state index is 0.0247. The standard InChI is InChI=1S/C19H24N2O/c1-15(2)21(3)14-19(22)20-18-12-8-7-11-17(18)13-16-9-5-4-6-10-16/h4-12,15H,13-14H2,1-3H3,(H,20,22). The summed E-state index contributed by atoms with van der Waals surface area (Å²) < 4.78 is 0. The number of likely N-dealkylation sites (N-methyl/N-ethyl adjacent to an activating group) is 1. The summed E-state index contributed by atoms with van der Waals surface area (Å²) in [4.78, 5) is 14.2. The maximum Gasteiger partial charge on any atom is 0.238 e. The molecule has 2 aromatic carbocycles. The van der Waals surface area contributed by atoms with E-state index in [0.29, 0.717) is 12.6 Å². The lowest BCUT2D eigenvalue weighted by Crippen LogP contribution is -2.34. The van der Waals surface area contributed by atoms with Crippen molar-refractivity contribution in [1.82, 2.24) is 4.90 Å². The fourth-order valence-corrected chi connectivity index (χ4v) is 2.21. The number of carbonyl (C=O) groups is 1. The van der Waals surface area contributed by atoms with Gasteiger partial charge in [0.05, 0.1) is 6.54 Å². The first-order chi connectivity index (χ1) is 10.6. The highest BCUT2D eigenvalue weighted by Gasteiger charge is 2.11. The molecule has 0 aliphatic rings. The number of benzene rings is 2. The van der Waals surface area contributed by atoms with Crippen LogP contribution in [0.5, 0.6) is 0 Å². The number of nitrogens with zero attached hydrogens (tertiary/aromatic N) is 1. The molecule has 1 N–H and O–H groups in total. The lowest BCUT2D eigenvalue weighted by Gasteiger charge is -2.20. The van der Waals surface area contributed by atoms with Crippen LogP contribution >= 0.6 is 0 Å². The number of amides is 1. The van der Waals surface area contributed by atoms with Crippen LogP contribution in [0.3, 0.4) is 0 Å². The van der Waals surface area contributed by atoms with Crippen molar-refractivity contribution >= 4 is 11.6 Å². The van der Waals surface area contributed by atoms with Gasteiger partial charge >= 0.3 is 0 Å². The van der Waals surface area contributed by atoms with E-state index in [-0.39, 0.29) is 5.91 Å². The van der Waals surface area contributed by atoms with E-state index in [0.717, 1.165) is 17.7 Å². The average molecular weight is 296 g/mol. The molecule has 0 radical (unpaired) electrons. The molecule has 0 spiro atoms. The third kappa shape index (κ3) is 4.71. The van der Waals surface area contributed by atoms with Crippen LogP contribution in [0.25, 0.3) is 0 Å². The van der Waals surface area contributed by atoms with Crippen LogP contribution in [0.2, 0.25) is 0 Å². The van der Waals surface area contributed by atoms with Gasteiger partial charge < -0.3 is 5.32 Å². The minimum Gasteiger partial charge on any atom is -0.325 e. The number of anilines is 1. The monoisotopic (exact) mass is 296 g/mol. The second-order valence-electron chi connectivity index (χ2n) is 5.88. The number of para-hydroxylation sites is 1. The number of carbonyl (C=O) groups excluding carboxylic acids is 1. The molecule has 2 aromatic rings. The van der Waals surface area contributed by atoms with Gasteiger partial charge in [-0.25, -0.2) is 0 Å². The first-order valence-corrected chi connectivity index (χ1v) is 7.68. The molecule has 0 saturated carbocycles. The number of hydrogen-bond donors (Lipinski definition) is 1. The van der Waals surface area contributed by atoms with Gasteiger partial charge in [-0.3, -0.25) is 9.69 Å². The fourth-order valence-electron chi connectivity index (χ4n) is 2.21. The van der Waals surface area contributed by atoms with Crippen LogP contribution in [-0.2, 0) is 11.2 Å². The van der Waals surface area contributed by atoms with Crippen LogP contribution in [0.1, 0.15) is 25.0 Å². The molecule has 0 aliphatic heterocycles. The Kier molecular flexibility index (Phi) is 5.73. The maximum absolute atomic E-state index is 12.2. The molecule has 3 nitrogen and oxygen atoms in total. The van der Waals surface area contributed by atoms with E-state index in [1.165, 1.54) is 5.56 Å². The fraction of sp³-hybridized carbons (Fsp3) is 0.316. The topological polar surface area (TPSA) is 32.3 Å². The van der Waals surface area contributed by atoms with Gasteiger partial charge in [-0.15, -0.1) is 0 Å². The first kappa shape index (κ1) is 16.2. The third-order valence-corrected chi connectivity index (χ3v) is 3.80. The van der Waals surface area contributed by atoms with Crippen molar-refractivity contribution in [3.05, 3.63) is 65.7 Å². The van der Waals surface area contributed by atoms with E-state index in [9.17, 15) is 4.79 Å². The zero-order valence-electron chi connectivity index (χ0n) is 13.5. The molecule has 22 heavy (non-hydrogen) atoms. The van der Waals surface area contributed by atoms with Crippen molar-refractivity contribution in [1.29, 1.82) is 0 Å². The molecular weight excluding hydrogens is 272 g/mol. The predicted molar refractivity (Wildman–Crippen MR) is 92.1 cm³/mol. The van der Waals surface area contributed by atoms with Crippen LogP contribution in [0.15, 0.2) is 54.6 Å². The van der Waals surface area contributed by atoms with E-state index < -0.39 is 0 Å². The van der Waals surface area contributed by atoms with Gasteiger partial charge in [0.1, 0.15) is 0 Å². The Labute approximate surface area is 133 Å². The Balaban J connectivity index is 2.07. The van der Waals surface area contributed by atoms with Gasteiger partial charge in [0, 0.05) is 11.7 Å². The quantitative estimate of drug-likeness (QED) is 0.884. The van der Waals surface area contributed by atoms with Gasteiger partial charge in [0.25, 0.3) is 0 Å². The van der Waals surface area contributed by atoms with E-state index >= 15 is 0 Å². The van der Waals surface area contributed by atoms with Gasteiger partial charge in [-0.1, -0.05) is 48.5 Å². The zero-order chi connectivity index (χ0) is 15.9. The zero-order valence-corrected chi connectivity index (χ0v) is 13.5. The molecule has 0 heterocycles. The molecule has 116 valence electrons. The van der Waals surface area contributed by atoms with E-state index in [4.69, 9.17) is 0 Å². The van der Waals surface area contributed by atoms with E-state index in [1.54, 1.807) is 0 Å². The Morgan fingerprint density at radius 1 is 1.05 bits per heavy atom. The Bertz CT molecular complexity index is 608. The lowest BCUT2D eigenvalue weighted by atomic mass is 10.0. The Morgan fingerprint density at radius 3 is 2.36 bits per heavy atom. The van der Waals surface area contributed by atoms with Crippen molar-refractivity contribution in [3.8, 4) is 0 Å². The molecule has 0 aliphatic carbocycles. The molecule has 0 bridgehead atoms. The van der Waals surface area contributed by atoms with Gasteiger partial charge in [-0.05, 0) is 44.5 Å². The molecule has 0 fully saturated rings. The summed E-state index contributed by atoms with van der Waals surface area (Å²) >= 11 is 0. The molecule has 0 saturated heterocycles. The molecular formula is C19H24N2O. The Hall–Kier alpha value is -2.13. The second-order valence-corrected chi connectivity index (χ2v) is 5.88. The predicted octanol–water partition coefficient (Wildman–Crippen LogP) is 3.56. The molecule has 2 rings (SSSR count). The summed E-state index contributed by atoms with van der Waals surface area (Å²) in [7, 11) is 1.96. The van der Waals surface area contributed by atoms with Crippen LogP contribution in [0.4, 0.5) is 5.69 Å².